The van der Waals surface area contributed by atoms with Crippen LogP contribution in [0.5, 0.6) is 5.75 Å². The fourth-order valence-corrected chi connectivity index (χ4v) is 2.77. The highest BCUT2D eigenvalue weighted by Crippen LogP contribution is 2.33. The first-order valence-electron chi connectivity index (χ1n) is 6.47. The summed E-state index contributed by atoms with van der Waals surface area (Å²) in [6.45, 7) is 1.76. The van der Waals surface area contributed by atoms with Gasteiger partial charge in [-0.2, -0.15) is 0 Å². The summed E-state index contributed by atoms with van der Waals surface area (Å²) in [5.41, 5.74) is 0.879. The van der Waals surface area contributed by atoms with Crippen LogP contribution in [0, 0.1) is 0 Å². The highest BCUT2D eigenvalue weighted by atomic mass is 35.5. The van der Waals surface area contributed by atoms with Gasteiger partial charge in [-0.15, -0.1) is 0 Å². The maximum Gasteiger partial charge on any atom is 0.120 e. The molecule has 0 aliphatic heterocycles. The van der Waals surface area contributed by atoms with E-state index in [9.17, 15) is 5.11 Å². The van der Waals surface area contributed by atoms with Gasteiger partial charge in [0.15, 0.2) is 0 Å². The van der Waals surface area contributed by atoms with Gasteiger partial charge < -0.3 is 15.2 Å². The standard InChI is InChI=1S/C16H17Cl2NO2/c1-16(10-20,14-7-6-11(17)8-15(14)18)19-12-4-3-5-13(9-12)21-2/h3-9,19-20H,10H2,1-2H3. The Labute approximate surface area is 134 Å². The van der Waals surface area contributed by atoms with Crippen LogP contribution >= 0.6 is 23.2 Å². The molecule has 2 aromatic rings. The molecule has 3 nitrogen and oxygen atoms in total. The van der Waals surface area contributed by atoms with Crippen molar-refractivity contribution in [1.82, 2.24) is 0 Å². The fraction of sp³-hybridized carbons (Fsp3) is 0.250. The molecule has 2 N–H and O–H groups in total. The van der Waals surface area contributed by atoms with Crippen LogP contribution in [0.3, 0.4) is 0 Å². The van der Waals surface area contributed by atoms with Crippen LogP contribution in [-0.4, -0.2) is 18.8 Å². The minimum absolute atomic E-state index is 0.119. The lowest BCUT2D eigenvalue weighted by atomic mass is 9.92. The SMILES string of the molecule is COc1cccc(NC(C)(CO)c2ccc(Cl)cc2Cl)c1. The zero-order valence-electron chi connectivity index (χ0n) is 11.9. The first kappa shape index (κ1) is 16.0. The summed E-state index contributed by atoms with van der Waals surface area (Å²) in [4.78, 5) is 0. The average Bonchev–Trinajstić information content (AvgIpc) is 2.47. The lowest BCUT2D eigenvalue weighted by Gasteiger charge is -2.31. The van der Waals surface area contributed by atoms with Gasteiger partial charge in [0, 0.05) is 21.8 Å². The molecule has 112 valence electrons. The van der Waals surface area contributed by atoms with Gasteiger partial charge in [0.2, 0.25) is 0 Å². The van der Waals surface area contributed by atoms with Crippen molar-refractivity contribution in [2.45, 2.75) is 12.5 Å². The Kier molecular flexibility index (Phi) is 4.99. The van der Waals surface area contributed by atoms with Crippen molar-refractivity contribution in [1.29, 1.82) is 0 Å². The molecule has 0 heterocycles. The number of aliphatic hydroxyl groups is 1. The quantitative estimate of drug-likeness (QED) is 0.860. The number of methoxy groups -OCH3 is 1. The van der Waals surface area contributed by atoms with Crippen LogP contribution in [0.25, 0.3) is 0 Å². The second-order valence-electron chi connectivity index (χ2n) is 4.97. The van der Waals surface area contributed by atoms with Crippen molar-refractivity contribution >= 4 is 28.9 Å². The lowest BCUT2D eigenvalue weighted by Crippen LogP contribution is -2.36. The van der Waals surface area contributed by atoms with Gasteiger partial charge in [-0.05, 0) is 36.8 Å². The molecule has 0 radical (unpaired) electrons. The van der Waals surface area contributed by atoms with E-state index in [-0.39, 0.29) is 6.61 Å². The van der Waals surface area contributed by atoms with Crippen molar-refractivity contribution in [2.75, 3.05) is 19.0 Å². The second-order valence-corrected chi connectivity index (χ2v) is 5.81. The number of halogens is 2. The van der Waals surface area contributed by atoms with E-state index in [1.807, 2.05) is 37.3 Å². The highest BCUT2D eigenvalue weighted by Gasteiger charge is 2.28. The van der Waals surface area contributed by atoms with Crippen molar-refractivity contribution in [3.8, 4) is 5.75 Å². The molecule has 0 saturated heterocycles. The molecule has 0 fully saturated rings. The van der Waals surface area contributed by atoms with E-state index in [4.69, 9.17) is 27.9 Å². The molecule has 0 spiro atoms. The normalized spacial score (nSPS) is 13.6. The molecule has 0 aromatic heterocycles. The predicted octanol–water partition coefficient (Wildman–Crippen LogP) is 4.32. The molecule has 1 atom stereocenters. The number of ether oxygens (including phenoxy) is 1. The molecule has 2 rings (SSSR count). The topological polar surface area (TPSA) is 41.5 Å². The number of rotatable bonds is 5. The molecule has 1 unspecified atom stereocenters. The van der Waals surface area contributed by atoms with E-state index in [0.29, 0.717) is 10.0 Å². The molecule has 5 heteroatoms. The van der Waals surface area contributed by atoms with E-state index < -0.39 is 5.54 Å². The van der Waals surface area contributed by atoms with E-state index in [1.165, 1.54) is 0 Å². The molecule has 21 heavy (non-hydrogen) atoms. The molecule has 0 bridgehead atoms. The number of hydrogen-bond acceptors (Lipinski definition) is 3. The van der Waals surface area contributed by atoms with Gasteiger partial charge >= 0.3 is 0 Å². The van der Waals surface area contributed by atoms with Gasteiger partial charge in [-0.3, -0.25) is 0 Å². The average molecular weight is 326 g/mol. The van der Waals surface area contributed by atoms with Gasteiger partial charge in [0.05, 0.1) is 19.3 Å². The zero-order valence-corrected chi connectivity index (χ0v) is 13.4. The molecule has 0 aliphatic carbocycles. The Morgan fingerprint density at radius 1 is 1.19 bits per heavy atom. The van der Waals surface area contributed by atoms with E-state index in [0.717, 1.165) is 17.0 Å². The Balaban J connectivity index is 2.36. The van der Waals surface area contributed by atoms with Crippen LogP contribution in [0.2, 0.25) is 10.0 Å². The van der Waals surface area contributed by atoms with Crippen molar-refractivity contribution < 1.29 is 9.84 Å². The zero-order chi connectivity index (χ0) is 15.5. The Morgan fingerprint density at radius 3 is 2.57 bits per heavy atom. The summed E-state index contributed by atoms with van der Waals surface area (Å²) in [6, 6.07) is 12.7. The van der Waals surface area contributed by atoms with Crippen LogP contribution in [0.4, 0.5) is 5.69 Å². The number of hydrogen-bond donors (Lipinski definition) is 2. The van der Waals surface area contributed by atoms with Gasteiger partial charge in [0.25, 0.3) is 0 Å². The summed E-state index contributed by atoms with van der Waals surface area (Å²) in [6.07, 6.45) is 0. The number of anilines is 1. The lowest BCUT2D eigenvalue weighted by molar-refractivity contribution is 0.224. The summed E-state index contributed by atoms with van der Waals surface area (Å²) in [5, 5.41) is 14.2. The van der Waals surface area contributed by atoms with Crippen LogP contribution in [-0.2, 0) is 5.54 Å². The third-order valence-corrected chi connectivity index (χ3v) is 3.88. The van der Waals surface area contributed by atoms with Crippen LogP contribution < -0.4 is 10.1 Å². The Hall–Kier alpha value is -1.42. The summed E-state index contributed by atoms with van der Waals surface area (Å²) >= 11 is 12.2. The molecule has 0 aliphatic rings. The van der Waals surface area contributed by atoms with Gasteiger partial charge in [-0.25, -0.2) is 0 Å². The fourth-order valence-electron chi connectivity index (χ4n) is 2.15. The first-order valence-corrected chi connectivity index (χ1v) is 7.23. The summed E-state index contributed by atoms with van der Waals surface area (Å²) in [5.74, 6) is 0.738. The Bertz CT molecular complexity index is 633. The molecule has 2 aromatic carbocycles. The van der Waals surface area contributed by atoms with Gasteiger partial charge in [-0.1, -0.05) is 35.3 Å². The molecule has 0 amide bonds. The third kappa shape index (κ3) is 3.62. The maximum atomic E-state index is 9.83. The number of aliphatic hydroxyl groups excluding tert-OH is 1. The summed E-state index contributed by atoms with van der Waals surface area (Å²) in [7, 11) is 1.61. The van der Waals surface area contributed by atoms with E-state index in [1.54, 1.807) is 19.2 Å². The largest absolute Gasteiger partial charge is 0.497 e. The Morgan fingerprint density at radius 2 is 1.95 bits per heavy atom. The predicted molar refractivity (Wildman–Crippen MR) is 87.5 cm³/mol. The highest BCUT2D eigenvalue weighted by molar-refractivity contribution is 6.35. The second kappa shape index (κ2) is 6.56. The monoisotopic (exact) mass is 325 g/mol. The van der Waals surface area contributed by atoms with Crippen molar-refractivity contribution in [2.24, 2.45) is 0 Å². The minimum Gasteiger partial charge on any atom is -0.497 e. The third-order valence-electron chi connectivity index (χ3n) is 3.33. The molecule has 0 saturated carbocycles. The van der Waals surface area contributed by atoms with E-state index >= 15 is 0 Å². The molecular formula is C16H17Cl2NO2. The maximum absolute atomic E-state index is 9.83. The molecular weight excluding hydrogens is 309 g/mol. The van der Waals surface area contributed by atoms with Gasteiger partial charge in [0.1, 0.15) is 5.75 Å². The first-order chi connectivity index (χ1) is 9.98. The van der Waals surface area contributed by atoms with Crippen LogP contribution in [0.1, 0.15) is 12.5 Å². The van der Waals surface area contributed by atoms with E-state index in [2.05, 4.69) is 5.32 Å². The number of nitrogens with one attached hydrogen (secondary N) is 1. The van der Waals surface area contributed by atoms with Crippen molar-refractivity contribution in [3.63, 3.8) is 0 Å². The summed E-state index contributed by atoms with van der Waals surface area (Å²) < 4.78 is 5.20. The van der Waals surface area contributed by atoms with Crippen LogP contribution in [0.15, 0.2) is 42.5 Å². The number of benzene rings is 2. The minimum atomic E-state index is -0.728. The van der Waals surface area contributed by atoms with Crippen molar-refractivity contribution in [3.05, 3.63) is 58.1 Å². The smallest absolute Gasteiger partial charge is 0.120 e.